The van der Waals surface area contributed by atoms with Crippen molar-refractivity contribution in [2.24, 2.45) is 0 Å². The van der Waals surface area contributed by atoms with Gasteiger partial charge >= 0.3 is 0 Å². The Hall–Kier alpha value is -2.80. The van der Waals surface area contributed by atoms with Gasteiger partial charge in [0.05, 0.1) is 4.90 Å². The minimum absolute atomic E-state index is 0.0294. The van der Waals surface area contributed by atoms with Crippen molar-refractivity contribution in [2.45, 2.75) is 18.7 Å². The second kappa shape index (κ2) is 5.93. The zero-order valence-corrected chi connectivity index (χ0v) is 14.9. The van der Waals surface area contributed by atoms with Crippen molar-refractivity contribution >= 4 is 27.4 Å². The zero-order valence-electron chi connectivity index (χ0n) is 14.1. The molecule has 130 valence electrons. The normalized spacial score (nSPS) is 15.7. The summed E-state index contributed by atoms with van der Waals surface area (Å²) in [7, 11) is -2.65. The molecule has 0 atom stereocenters. The van der Waals surface area contributed by atoms with Crippen LogP contribution in [0.4, 0.5) is 5.69 Å². The van der Waals surface area contributed by atoms with E-state index in [9.17, 15) is 18.3 Å². The smallest absolute Gasteiger partial charge is 0.276 e. The molecule has 2 N–H and O–H groups in total. The molecule has 0 bridgehead atoms. The van der Waals surface area contributed by atoms with Crippen LogP contribution in [0.15, 0.2) is 53.1 Å². The minimum Gasteiger partial charge on any atom is -0.505 e. The van der Waals surface area contributed by atoms with Crippen LogP contribution < -0.4 is 5.32 Å². The summed E-state index contributed by atoms with van der Waals surface area (Å²) < 4.78 is 26.1. The summed E-state index contributed by atoms with van der Waals surface area (Å²) in [4.78, 5) is 12.7. The Bertz CT molecular complexity index is 1010. The van der Waals surface area contributed by atoms with E-state index in [0.717, 1.165) is 15.4 Å². The van der Waals surface area contributed by atoms with E-state index in [-0.39, 0.29) is 21.9 Å². The van der Waals surface area contributed by atoms with E-state index in [2.05, 4.69) is 5.32 Å². The number of nitrogens with one attached hydrogen (secondary N) is 1. The SMILES string of the molecule is Cc1cccc(NC(=O)C2=C(O)c3ccccc3S(=O)(=O)N2C)c1C. The Morgan fingerprint density at radius 3 is 2.48 bits per heavy atom. The Kier molecular flexibility index (Phi) is 4.04. The topological polar surface area (TPSA) is 86.7 Å². The first-order chi connectivity index (χ1) is 11.7. The number of hydrogen-bond acceptors (Lipinski definition) is 4. The van der Waals surface area contributed by atoms with Gasteiger partial charge in [-0.05, 0) is 43.2 Å². The van der Waals surface area contributed by atoms with Crippen molar-refractivity contribution in [1.82, 2.24) is 4.31 Å². The lowest BCUT2D eigenvalue weighted by molar-refractivity contribution is -0.113. The Balaban J connectivity index is 2.10. The molecule has 0 saturated carbocycles. The number of anilines is 1. The molecule has 1 amide bonds. The lowest BCUT2D eigenvalue weighted by Gasteiger charge is -2.28. The van der Waals surface area contributed by atoms with Gasteiger partial charge in [0.2, 0.25) is 0 Å². The number of likely N-dealkylation sites (N-methyl/N-ethyl adjacent to an activating group) is 1. The number of benzene rings is 2. The fraction of sp³-hybridized carbons (Fsp3) is 0.167. The summed E-state index contributed by atoms with van der Waals surface area (Å²) in [5, 5.41) is 13.2. The van der Waals surface area contributed by atoms with Gasteiger partial charge in [0.15, 0.2) is 11.5 Å². The molecule has 25 heavy (non-hydrogen) atoms. The number of hydrogen-bond donors (Lipinski definition) is 2. The third-order valence-corrected chi connectivity index (χ3v) is 6.20. The van der Waals surface area contributed by atoms with Crippen LogP contribution in [0, 0.1) is 13.8 Å². The third kappa shape index (κ3) is 2.66. The molecule has 2 aromatic rings. The predicted octanol–water partition coefficient (Wildman–Crippen LogP) is 2.80. The van der Waals surface area contributed by atoms with Crippen LogP contribution in [0.25, 0.3) is 5.76 Å². The number of aryl methyl sites for hydroxylation is 1. The van der Waals surface area contributed by atoms with Crippen LogP contribution in [-0.4, -0.2) is 30.8 Å². The summed E-state index contributed by atoms with van der Waals surface area (Å²) in [5.41, 5.74) is 2.24. The first-order valence-electron chi connectivity index (χ1n) is 7.64. The minimum atomic E-state index is -3.90. The van der Waals surface area contributed by atoms with Gasteiger partial charge in [-0.3, -0.25) is 9.10 Å². The molecule has 0 aromatic heterocycles. The average molecular weight is 358 g/mol. The van der Waals surface area contributed by atoms with Crippen LogP contribution in [0.1, 0.15) is 16.7 Å². The standard InChI is InChI=1S/C18H18N2O4S/c1-11-7-6-9-14(12(11)2)19-18(22)16-17(21)13-8-4-5-10-15(13)25(23,24)20(16)3/h4-10,21H,1-3H3,(H,19,22). The predicted molar refractivity (Wildman–Crippen MR) is 95.5 cm³/mol. The van der Waals surface area contributed by atoms with E-state index in [1.807, 2.05) is 19.9 Å². The van der Waals surface area contributed by atoms with Crippen LogP contribution in [-0.2, 0) is 14.8 Å². The maximum absolute atomic E-state index is 12.7. The molecule has 7 heteroatoms. The Morgan fingerprint density at radius 2 is 1.76 bits per heavy atom. The summed E-state index contributed by atoms with van der Waals surface area (Å²) >= 11 is 0. The summed E-state index contributed by atoms with van der Waals surface area (Å²) in [6.45, 7) is 3.77. The van der Waals surface area contributed by atoms with Gasteiger partial charge in [-0.2, -0.15) is 0 Å². The van der Waals surface area contributed by atoms with Gasteiger partial charge in [0, 0.05) is 18.3 Å². The number of amides is 1. The van der Waals surface area contributed by atoms with E-state index >= 15 is 0 Å². The van der Waals surface area contributed by atoms with Crippen molar-refractivity contribution < 1.29 is 18.3 Å². The maximum atomic E-state index is 12.7. The number of carbonyl (C=O) groups excluding carboxylic acids is 1. The van der Waals surface area contributed by atoms with Gasteiger partial charge in [0.1, 0.15) is 0 Å². The fourth-order valence-corrected chi connectivity index (χ4v) is 4.15. The molecule has 1 heterocycles. The Labute approximate surface area is 146 Å². The van der Waals surface area contributed by atoms with Gasteiger partial charge in [-0.1, -0.05) is 24.3 Å². The van der Waals surface area contributed by atoms with Crippen molar-refractivity contribution in [2.75, 3.05) is 12.4 Å². The highest BCUT2D eigenvalue weighted by atomic mass is 32.2. The number of aliphatic hydroxyl groups is 1. The van der Waals surface area contributed by atoms with E-state index in [4.69, 9.17) is 0 Å². The lowest BCUT2D eigenvalue weighted by atomic mass is 10.1. The average Bonchev–Trinajstić information content (AvgIpc) is 2.58. The summed E-state index contributed by atoms with van der Waals surface area (Å²) in [6.07, 6.45) is 0. The van der Waals surface area contributed by atoms with Gasteiger partial charge in [0.25, 0.3) is 15.9 Å². The number of aliphatic hydroxyl groups excluding tert-OH is 1. The van der Waals surface area contributed by atoms with Crippen LogP contribution >= 0.6 is 0 Å². The van der Waals surface area contributed by atoms with Gasteiger partial charge in [-0.15, -0.1) is 0 Å². The van der Waals surface area contributed by atoms with E-state index in [1.54, 1.807) is 24.3 Å². The highest BCUT2D eigenvalue weighted by Gasteiger charge is 2.37. The molecule has 1 aliphatic rings. The number of sulfonamides is 1. The molecule has 3 rings (SSSR count). The van der Waals surface area contributed by atoms with E-state index in [1.165, 1.54) is 19.2 Å². The molecule has 0 fully saturated rings. The zero-order chi connectivity index (χ0) is 18.4. The van der Waals surface area contributed by atoms with Crippen molar-refractivity contribution in [3.63, 3.8) is 0 Å². The highest BCUT2D eigenvalue weighted by Crippen LogP contribution is 2.34. The second-order valence-corrected chi connectivity index (χ2v) is 7.81. The monoisotopic (exact) mass is 358 g/mol. The number of fused-ring (bicyclic) bond motifs is 1. The molecule has 6 nitrogen and oxygen atoms in total. The van der Waals surface area contributed by atoms with Crippen molar-refractivity contribution in [1.29, 1.82) is 0 Å². The molecule has 0 unspecified atom stereocenters. The largest absolute Gasteiger partial charge is 0.505 e. The maximum Gasteiger partial charge on any atom is 0.276 e. The Morgan fingerprint density at radius 1 is 1.08 bits per heavy atom. The van der Waals surface area contributed by atoms with Crippen molar-refractivity contribution in [3.8, 4) is 0 Å². The van der Waals surface area contributed by atoms with Crippen LogP contribution in [0.3, 0.4) is 0 Å². The lowest BCUT2D eigenvalue weighted by Crippen LogP contribution is -2.37. The number of rotatable bonds is 2. The molecule has 0 radical (unpaired) electrons. The number of carbonyl (C=O) groups is 1. The van der Waals surface area contributed by atoms with Gasteiger partial charge in [-0.25, -0.2) is 8.42 Å². The summed E-state index contributed by atoms with van der Waals surface area (Å²) in [6, 6.07) is 11.5. The quantitative estimate of drug-likeness (QED) is 0.864. The molecule has 0 saturated heterocycles. The summed E-state index contributed by atoms with van der Waals surface area (Å²) in [5.74, 6) is -1.05. The molecular formula is C18H18N2O4S. The second-order valence-electron chi connectivity index (χ2n) is 5.87. The number of nitrogens with zero attached hydrogens (tertiary/aromatic N) is 1. The fourth-order valence-electron chi connectivity index (χ4n) is 2.75. The molecule has 0 aliphatic carbocycles. The van der Waals surface area contributed by atoms with E-state index in [0.29, 0.717) is 5.69 Å². The highest BCUT2D eigenvalue weighted by molar-refractivity contribution is 7.89. The van der Waals surface area contributed by atoms with Crippen LogP contribution in [0.5, 0.6) is 0 Å². The third-order valence-electron chi connectivity index (χ3n) is 4.39. The first-order valence-corrected chi connectivity index (χ1v) is 9.08. The molecule has 2 aromatic carbocycles. The van der Waals surface area contributed by atoms with Crippen molar-refractivity contribution in [3.05, 3.63) is 64.9 Å². The molecular weight excluding hydrogens is 340 g/mol. The van der Waals surface area contributed by atoms with E-state index < -0.39 is 15.9 Å². The van der Waals surface area contributed by atoms with Gasteiger partial charge < -0.3 is 10.4 Å². The molecule has 1 aliphatic heterocycles. The molecule has 0 spiro atoms. The first kappa shape index (κ1) is 17.0. The van der Waals surface area contributed by atoms with Crippen LogP contribution in [0.2, 0.25) is 0 Å².